The number of thioether (sulfide) groups is 1. The average Bonchev–Trinajstić information content (AvgIpc) is 2.96. The van der Waals surface area contributed by atoms with Crippen molar-refractivity contribution in [3.05, 3.63) is 69.8 Å². The van der Waals surface area contributed by atoms with Gasteiger partial charge in [0.25, 0.3) is 5.69 Å². The van der Waals surface area contributed by atoms with Crippen LogP contribution in [-0.2, 0) is 0 Å². The molecule has 7 nitrogen and oxygen atoms in total. The van der Waals surface area contributed by atoms with Gasteiger partial charge in [0, 0.05) is 22.9 Å². The van der Waals surface area contributed by atoms with E-state index in [0.29, 0.717) is 11.0 Å². The van der Waals surface area contributed by atoms with E-state index in [9.17, 15) is 10.1 Å². The standard InChI is InChI=1S/C17H17N5O2S/c1-11-6-8-13(9-7-11)16-19-20-17(21(16)18)25-12(2)14-4-3-5-15(10-14)22(23)24/h3-10,12H,18H2,1-2H3/t12-/m0/s1. The normalized spacial score (nSPS) is 12.1. The van der Waals surface area contributed by atoms with Crippen molar-refractivity contribution in [3.8, 4) is 11.4 Å². The minimum Gasteiger partial charge on any atom is -0.335 e. The van der Waals surface area contributed by atoms with Crippen molar-refractivity contribution >= 4 is 17.4 Å². The molecule has 2 aromatic carbocycles. The van der Waals surface area contributed by atoms with Gasteiger partial charge in [-0.2, -0.15) is 0 Å². The molecular weight excluding hydrogens is 338 g/mol. The van der Waals surface area contributed by atoms with Gasteiger partial charge in [-0.1, -0.05) is 53.7 Å². The SMILES string of the molecule is Cc1ccc(-c2nnc(S[C@@H](C)c3cccc([N+](=O)[O-])c3)n2N)cc1. The van der Waals surface area contributed by atoms with E-state index >= 15 is 0 Å². The van der Waals surface area contributed by atoms with Crippen LogP contribution in [0.1, 0.15) is 23.3 Å². The highest BCUT2D eigenvalue weighted by Crippen LogP contribution is 2.35. The average molecular weight is 355 g/mol. The number of benzene rings is 2. The van der Waals surface area contributed by atoms with Crippen molar-refractivity contribution in [3.63, 3.8) is 0 Å². The Morgan fingerprint density at radius 1 is 1.20 bits per heavy atom. The minimum absolute atomic E-state index is 0.0581. The molecule has 3 rings (SSSR count). The Morgan fingerprint density at radius 3 is 2.60 bits per heavy atom. The van der Waals surface area contributed by atoms with E-state index in [-0.39, 0.29) is 10.9 Å². The van der Waals surface area contributed by atoms with Crippen LogP contribution >= 0.6 is 11.8 Å². The van der Waals surface area contributed by atoms with Gasteiger partial charge in [-0.3, -0.25) is 10.1 Å². The number of nitro groups is 1. The molecule has 0 saturated heterocycles. The molecule has 0 bridgehead atoms. The van der Waals surface area contributed by atoms with Crippen molar-refractivity contribution in [2.45, 2.75) is 24.3 Å². The Morgan fingerprint density at radius 2 is 1.92 bits per heavy atom. The first-order valence-corrected chi connectivity index (χ1v) is 8.52. The molecule has 0 spiro atoms. The zero-order chi connectivity index (χ0) is 18.0. The summed E-state index contributed by atoms with van der Waals surface area (Å²) in [6, 6.07) is 14.4. The Labute approximate surface area is 149 Å². The first kappa shape index (κ1) is 17.0. The molecule has 1 aromatic heterocycles. The molecule has 0 aliphatic carbocycles. The van der Waals surface area contributed by atoms with E-state index in [4.69, 9.17) is 5.84 Å². The molecule has 1 heterocycles. The minimum atomic E-state index is -0.401. The van der Waals surface area contributed by atoms with E-state index in [1.165, 1.54) is 22.5 Å². The molecule has 0 unspecified atom stereocenters. The molecule has 0 amide bonds. The third-order valence-electron chi connectivity index (χ3n) is 3.81. The van der Waals surface area contributed by atoms with Crippen LogP contribution in [0.3, 0.4) is 0 Å². The smallest absolute Gasteiger partial charge is 0.269 e. The molecule has 128 valence electrons. The van der Waals surface area contributed by atoms with Gasteiger partial charge in [-0.15, -0.1) is 10.2 Å². The number of nitro benzene ring substituents is 1. The second-order valence-electron chi connectivity index (χ2n) is 5.65. The predicted octanol–water partition coefficient (Wildman–Crippen LogP) is 3.73. The van der Waals surface area contributed by atoms with Gasteiger partial charge in [-0.25, -0.2) is 4.68 Å². The summed E-state index contributed by atoms with van der Waals surface area (Å²) in [4.78, 5) is 10.5. The molecule has 3 aromatic rings. The first-order chi connectivity index (χ1) is 12.0. The topological polar surface area (TPSA) is 99.9 Å². The van der Waals surface area contributed by atoms with Crippen LogP contribution in [-0.4, -0.2) is 19.8 Å². The second-order valence-corrected chi connectivity index (χ2v) is 6.96. The number of nitrogen functional groups attached to an aromatic ring is 1. The number of non-ortho nitro benzene ring substituents is 1. The highest BCUT2D eigenvalue weighted by molar-refractivity contribution is 7.99. The summed E-state index contributed by atoms with van der Waals surface area (Å²) in [6.45, 7) is 3.96. The van der Waals surface area contributed by atoms with Crippen LogP contribution in [0.15, 0.2) is 53.7 Å². The summed E-state index contributed by atoms with van der Waals surface area (Å²) in [5, 5.41) is 19.7. The van der Waals surface area contributed by atoms with Gasteiger partial charge >= 0.3 is 0 Å². The third kappa shape index (κ3) is 3.63. The Hall–Kier alpha value is -2.87. The Balaban J connectivity index is 1.83. The van der Waals surface area contributed by atoms with Gasteiger partial charge in [0.2, 0.25) is 5.16 Å². The highest BCUT2D eigenvalue weighted by atomic mass is 32.2. The molecule has 1 atom stereocenters. The molecule has 8 heteroatoms. The monoisotopic (exact) mass is 355 g/mol. The summed E-state index contributed by atoms with van der Waals surface area (Å²) in [7, 11) is 0. The zero-order valence-corrected chi connectivity index (χ0v) is 14.6. The first-order valence-electron chi connectivity index (χ1n) is 7.64. The van der Waals surface area contributed by atoms with Crippen LogP contribution in [0.5, 0.6) is 0 Å². The number of hydrogen-bond donors (Lipinski definition) is 1. The summed E-state index contributed by atoms with van der Waals surface area (Å²) in [5.74, 6) is 6.72. The number of aromatic nitrogens is 3. The van der Waals surface area contributed by atoms with Crippen molar-refractivity contribution in [2.24, 2.45) is 0 Å². The predicted molar refractivity (Wildman–Crippen MR) is 97.7 cm³/mol. The van der Waals surface area contributed by atoms with E-state index in [1.807, 2.05) is 44.2 Å². The molecule has 0 radical (unpaired) electrons. The van der Waals surface area contributed by atoms with Crippen LogP contribution in [0.25, 0.3) is 11.4 Å². The Bertz CT molecular complexity index is 908. The van der Waals surface area contributed by atoms with Crippen LogP contribution < -0.4 is 5.84 Å². The molecule has 25 heavy (non-hydrogen) atoms. The zero-order valence-electron chi connectivity index (χ0n) is 13.8. The largest absolute Gasteiger partial charge is 0.335 e. The lowest BCUT2D eigenvalue weighted by atomic mass is 10.1. The lowest BCUT2D eigenvalue weighted by Gasteiger charge is -2.11. The molecule has 0 aliphatic rings. The quantitative estimate of drug-likeness (QED) is 0.324. The van der Waals surface area contributed by atoms with Crippen LogP contribution in [0.2, 0.25) is 0 Å². The number of aryl methyl sites for hydroxylation is 1. The lowest BCUT2D eigenvalue weighted by Crippen LogP contribution is -2.12. The maximum Gasteiger partial charge on any atom is 0.269 e. The molecule has 0 aliphatic heterocycles. The summed E-state index contributed by atoms with van der Waals surface area (Å²) in [5.41, 5.74) is 2.94. The highest BCUT2D eigenvalue weighted by Gasteiger charge is 2.17. The maximum atomic E-state index is 10.9. The van der Waals surface area contributed by atoms with E-state index in [2.05, 4.69) is 10.2 Å². The van der Waals surface area contributed by atoms with Crippen molar-refractivity contribution in [1.29, 1.82) is 0 Å². The molecule has 2 N–H and O–H groups in total. The van der Waals surface area contributed by atoms with Crippen LogP contribution in [0, 0.1) is 17.0 Å². The van der Waals surface area contributed by atoms with Gasteiger partial charge in [0.15, 0.2) is 5.82 Å². The van der Waals surface area contributed by atoms with E-state index in [0.717, 1.165) is 16.7 Å². The summed E-state index contributed by atoms with van der Waals surface area (Å²) < 4.78 is 1.45. The number of nitrogens with zero attached hydrogens (tertiary/aromatic N) is 4. The molecule has 0 fully saturated rings. The van der Waals surface area contributed by atoms with Gasteiger partial charge in [0.05, 0.1) is 4.92 Å². The molecule has 0 saturated carbocycles. The number of hydrogen-bond acceptors (Lipinski definition) is 6. The fourth-order valence-electron chi connectivity index (χ4n) is 2.37. The lowest BCUT2D eigenvalue weighted by molar-refractivity contribution is -0.384. The second kappa shape index (κ2) is 6.94. The van der Waals surface area contributed by atoms with E-state index < -0.39 is 4.92 Å². The number of nitrogens with two attached hydrogens (primary N) is 1. The fraction of sp³-hybridized carbons (Fsp3) is 0.176. The van der Waals surface area contributed by atoms with Crippen molar-refractivity contribution < 1.29 is 4.92 Å². The van der Waals surface area contributed by atoms with Crippen molar-refractivity contribution in [2.75, 3.05) is 5.84 Å². The summed E-state index contributed by atoms with van der Waals surface area (Å²) in [6.07, 6.45) is 0. The fourth-order valence-corrected chi connectivity index (χ4v) is 3.26. The van der Waals surface area contributed by atoms with E-state index in [1.54, 1.807) is 12.1 Å². The third-order valence-corrected chi connectivity index (χ3v) is 4.92. The van der Waals surface area contributed by atoms with Crippen LogP contribution in [0.4, 0.5) is 5.69 Å². The molecular formula is C17H17N5O2S. The van der Waals surface area contributed by atoms with Gasteiger partial charge in [-0.05, 0) is 19.4 Å². The maximum absolute atomic E-state index is 10.9. The summed E-state index contributed by atoms with van der Waals surface area (Å²) >= 11 is 1.40. The number of rotatable bonds is 5. The van der Waals surface area contributed by atoms with Crippen molar-refractivity contribution in [1.82, 2.24) is 14.9 Å². The van der Waals surface area contributed by atoms with Gasteiger partial charge < -0.3 is 5.84 Å². The van der Waals surface area contributed by atoms with Gasteiger partial charge in [0.1, 0.15) is 0 Å². The Kier molecular flexibility index (Phi) is 4.71.